The average molecular weight is 277 g/mol. The van der Waals surface area contributed by atoms with Crippen LogP contribution in [0.5, 0.6) is 0 Å². The van der Waals surface area contributed by atoms with Crippen molar-refractivity contribution in [1.29, 1.82) is 0 Å². The first kappa shape index (κ1) is 17.7. The molecule has 108 valence electrons. The normalized spacial score (nSPS) is 19.8. The first-order valence-corrected chi connectivity index (χ1v) is 7.00. The molecule has 1 amide bonds. The zero-order valence-electron chi connectivity index (χ0n) is 12.2. The monoisotopic (exact) mass is 276 g/mol. The lowest BCUT2D eigenvalue weighted by Crippen LogP contribution is -2.45. The highest BCUT2D eigenvalue weighted by atomic mass is 35.5. The molecular formula is C14H29ClN2O. The minimum absolute atomic E-state index is 0. The number of carbonyl (C=O) groups is 1. The standard InChI is InChI=1S/C14H28N2O.ClH/c1-11(2)9-16(10-12(3)4)14(17)13-6-5-7-15-8-13;/h11-13,15H,5-10H2,1-4H3;1H/t13-;/m1./s1. The highest BCUT2D eigenvalue weighted by Crippen LogP contribution is 2.15. The lowest BCUT2D eigenvalue weighted by atomic mass is 9.97. The van der Waals surface area contributed by atoms with E-state index in [0.717, 1.165) is 39.0 Å². The van der Waals surface area contributed by atoms with E-state index in [4.69, 9.17) is 0 Å². The predicted molar refractivity (Wildman–Crippen MR) is 79.1 cm³/mol. The smallest absolute Gasteiger partial charge is 0.226 e. The largest absolute Gasteiger partial charge is 0.342 e. The van der Waals surface area contributed by atoms with Crippen LogP contribution in [0.4, 0.5) is 0 Å². The van der Waals surface area contributed by atoms with Crippen LogP contribution in [0, 0.1) is 17.8 Å². The van der Waals surface area contributed by atoms with Gasteiger partial charge < -0.3 is 10.2 Å². The van der Waals surface area contributed by atoms with E-state index in [1.54, 1.807) is 0 Å². The summed E-state index contributed by atoms with van der Waals surface area (Å²) in [5.41, 5.74) is 0. The fourth-order valence-electron chi connectivity index (χ4n) is 2.46. The van der Waals surface area contributed by atoms with Crippen LogP contribution >= 0.6 is 12.4 Å². The second-order valence-electron chi connectivity index (χ2n) is 6.07. The quantitative estimate of drug-likeness (QED) is 0.837. The average Bonchev–Trinajstić information content (AvgIpc) is 2.27. The number of amides is 1. The summed E-state index contributed by atoms with van der Waals surface area (Å²) in [6.07, 6.45) is 2.19. The number of piperidine rings is 1. The van der Waals surface area contributed by atoms with Crippen molar-refractivity contribution in [3.63, 3.8) is 0 Å². The molecule has 4 heteroatoms. The second-order valence-corrected chi connectivity index (χ2v) is 6.07. The molecule has 1 aliphatic heterocycles. The minimum Gasteiger partial charge on any atom is -0.342 e. The van der Waals surface area contributed by atoms with Crippen LogP contribution in [0.1, 0.15) is 40.5 Å². The van der Waals surface area contributed by atoms with Gasteiger partial charge in [-0.1, -0.05) is 27.7 Å². The number of hydrogen-bond donors (Lipinski definition) is 1. The number of nitrogens with zero attached hydrogens (tertiary/aromatic N) is 1. The number of rotatable bonds is 5. The molecule has 3 nitrogen and oxygen atoms in total. The molecule has 18 heavy (non-hydrogen) atoms. The molecule has 1 fully saturated rings. The predicted octanol–water partition coefficient (Wildman–Crippen LogP) is 2.55. The molecule has 0 aromatic rings. The number of halogens is 1. The van der Waals surface area contributed by atoms with Crippen LogP contribution < -0.4 is 5.32 Å². The van der Waals surface area contributed by atoms with Gasteiger partial charge in [-0.2, -0.15) is 0 Å². The SMILES string of the molecule is CC(C)CN(CC(C)C)C(=O)[C@@H]1CCCNC1.Cl. The lowest BCUT2D eigenvalue weighted by molar-refractivity contribution is -0.137. The highest BCUT2D eigenvalue weighted by molar-refractivity contribution is 5.85. The van der Waals surface area contributed by atoms with Crippen molar-refractivity contribution in [2.75, 3.05) is 26.2 Å². The first-order chi connectivity index (χ1) is 8.00. The third-order valence-electron chi connectivity index (χ3n) is 3.13. The Morgan fingerprint density at radius 3 is 2.17 bits per heavy atom. The molecule has 0 radical (unpaired) electrons. The Kier molecular flexibility index (Phi) is 8.62. The molecule has 0 unspecified atom stereocenters. The number of nitrogens with one attached hydrogen (secondary N) is 1. The molecule has 1 rings (SSSR count). The first-order valence-electron chi connectivity index (χ1n) is 7.00. The Hall–Kier alpha value is -0.280. The van der Waals surface area contributed by atoms with E-state index >= 15 is 0 Å². The fourth-order valence-corrected chi connectivity index (χ4v) is 2.46. The van der Waals surface area contributed by atoms with Gasteiger partial charge >= 0.3 is 0 Å². The summed E-state index contributed by atoms with van der Waals surface area (Å²) in [5, 5.41) is 3.33. The van der Waals surface area contributed by atoms with Crippen LogP contribution in [0.2, 0.25) is 0 Å². The summed E-state index contributed by atoms with van der Waals surface area (Å²) in [4.78, 5) is 14.5. The highest BCUT2D eigenvalue weighted by Gasteiger charge is 2.26. The Bertz CT molecular complexity index is 228. The Morgan fingerprint density at radius 1 is 1.22 bits per heavy atom. The molecule has 0 bridgehead atoms. The van der Waals surface area contributed by atoms with Crippen molar-refractivity contribution in [2.45, 2.75) is 40.5 Å². The molecule has 0 aromatic carbocycles. The van der Waals surface area contributed by atoms with E-state index in [0.29, 0.717) is 17.7 Å². The van der Waals surface area contributed by atoms with Gasteiger partial charge in [0, 0.05) is 19.6 Å². The Labute approximate surface area is 118 Å². The molecule has 1 saturated heterocycles. The fraction of sp³-hybridized carbons (Fsp3) is 0.929. The summed E-state index contributed by atoms with van der Waals surface area (Å²) in [7, 11) is 0. The third kappa shape index (κ3) is 6.05. The van der Waals surface area contributed by atoms with E-state index in [1.807, 2.05) is 0 Å². The second kappa shape index (κ2) is 8.76. The summed E-state index contributed by atoms with van der Waals surface area (Å²) in [6, 6.07) is 0. The molecule has 0 aliphatic carbocycles. The summed E-state index contributed by atoms with van der Waals surface area (Å²) in [6.45, 7) is 12.4. The topological polar surface area (TPSA) is 32.3 Å². The van der Waals surface area contributed by atoms with Gasteiger partial charge in [0.1, 0.15) is 0 Å². The van der Waals surface area contributed by atoms with Gasteiger partial charge in [0.25, 0.3) is 0 Å². The minimum atomic E-state index is 0. The van der Waals surface area contributed by atoms with E-state index in [-0.39, 0.29) is 18.3 Å². The van der Waals surface area contributed by atoms with Gasteiger partial charge in [0.2, 0.25) is 5.91 Å². The Balaban J connectivity index is 0.00000289. The van der Waals surface area contributed by atoms with Crippen molar-refractivity contribution in [3.8, 4) is 0 Å². The van der Waals surface area contributed by atoms with Crippen molar-refractivity contribution >= 4 is 18.3 Å². The zero-order valence-corrected chi connectivity index (χ0v) is 13.1. The maximum absolute atomic E-state index is 12.5. The van der Waals surface area contributed by atoms with Crippen LogP contribution in [0.25, 0.3) is 0 Å². The van der Waals surface area contributed by atoms with E-state index in [1.165, 1.54) is 0 Å². The lowest BCUT2D eigenvalue weighted by Gasteiger charge is -2.32. The maximum atomic E-state index is 12.5. The van der Waals surface area contributed by atoms with Gasteiger partial charge in [-0.05, 0) is 31.2 Å². The van der Waals surface area contributed by atoms with Crippen LogP contribution in [0.15, 0.2) is 0 Å². The van der Waals surface area contributed by atoms with Crippen LogP contribution in [-0.2, 0) is 4.79 Å². The molecule has 0 spiro atoms. The van der Waals surface area contributed by atoms with Gasteiger partial charge in [-0.15, -0.1) is 12.4 Å². The van der Waals surface area contributed by atoms with Crippen molar-refractivity contribution in [3.05, 3.63) is 0 Å². The van der Waals surface area contributed by atoms with Gasteiger partial charge in [0.05, 0.1) is 5.92 Å². The van der Waals surface area contributed by atoms with Gasteiger partial charge in [-0.25, -0.2) is 0 Å². The molecule has 1 atom stereocenters. The van der Waals surface area contributed by atoms with Gasteiger partial charge in [0.15, 0.2) is 0 Å². The van der Waals surface area contributed by atoms with Crippen molar-refractivity contribution in [1.82, 2.24) is 10.2 Å². The van der Waals surface area contributed by atoms with Crippen LogP contribution in [0.3, 0.4) is 0 Å². The molecule has 1 N–H and O–H groups in total. The molecule has 1 aliphatic rings. The molecule has 0 saturated carbocycles. The summed E-state index contributed by atoms with van der Waals surface area (Å²) < 4.78 is 0. The van der Waals surface area contributed by atoms with E-state index in [9.17, 15) is 4.79 Å². The van der Waals surface area contributed by atoms with Crippen molar-refractivity contribution in [2.24, 2.45) is 17.8 Å². The summed E-state index contributed by atoms with van der Waals surface area (Å²) in [5.74, 6) is 1.67. The van der Waals surface area contributed by atoms with E-state index < -0.39 is 0 Å². The molecular weight excluding hydrogens is 248 g/mol. The van der Waals surface area contributed by atoms with Crippen molar-refractivity contribution < 1.29 is 4.79 Å². The van der Waals surface area contributed by atoms with E-state index in [2.05, 4.69) is 37.9 Å². The third-order valence-corrected chi connectivity index (χ3v) is 3.13. The maximum Gasteiger partial charge on any atom is 0.226 e. The zero-order chi connectivity index (χ0) is 12.8. The molecule has 0 aromatic heterocycles. The summed E-state index contributed by atoms with van der Waals surface area (Å²) >= 11 is 0. The molecule has 1 heterocycles. The number of carbonyl (C=O) groups excluding carboxylic acids is 1. The Morgan fingerprint density at radius 2 is 1.78 bits per heavy atom. The van der Waals surface area contributed by atoms with Gasteiger partial charge in [-0.3, -0.25) is 4.79 Å². The van der Waals surface area contributed by atoms with Crippen LogP contribution in [-0.4, -0.2) is 37.0 Å². The number of hydrogen-bond acceptors (Lipinski definition) is 2.